The maximum absolute atomic E-state index is 7.02. The fourth-order valence-corrected chi connectivity index (χ4v) is 9.72. The summed E-state index contributed by atoms with van der Waals surface area (Å²) in [6, 6.07) is 33.9. The highest BCUT2D eigenvalue weighted by Crippen LogP contribution is 2.78. The van der Waals surface area contributed by atoms with Crippen LogP contribution >= 0.6 is 0 Å². The quantitative estimate of drug-likeness (QED) is 0.243. The highest BCUT2D eigenvalue weighted by Gasteiger charge is 2.74. The molecule has 0 atom stereocenters. The van der Waals surface area contributed by atoms with E-state index in [9.17, 15) is 0 Å². The van der Waals surface area contributed by atoms with E-state index in [2.05, 4.69) is 60.7 Å². The van der Waals surface area contributed by atoms with Crippen LogP contribution in [0.1, 0.15) is 54.4 Å². The molecule has 4 saturated carbocycles. The van der Waals surface area contributed by atoms with Gasteiger partial charge in [0.1, 0.15) is 0 Å². The molecule has 8 rings (SSSR count). The van der Waals surface area contributed by atoms with Gasteiger partial charge in [-0.25, -0.2) is 0 Å². The molecule has 4 aliphatic carbocycles. The molecule has 4 bridgehead atoms. The second-order valence-corrected chi connectivity index (χ2v) is 12.0. The minimum absolute atomic E-state index is 0.296. The van der Waals surface area contributed by atoms with Gasteiger partial charge in [-0.05, 0) is 90.5 Å². The molecule has 38 heavy (non-hydrogen) atoms. The van der Waals surface area contributed by atoms with Crippen molar-refractivity contribution in [3.63, 3.8) is 0 Å². The number of para-hydroxylation sites is 4. The van der Waals surface area contributed by atoms with Crippen LogP contribution in [0.4, 0.5) is 22.7 Å². The van der Waals surface area contributed by atoms with Crippen LogP contribution in [-0.2, 0) is 16.2 Å². The van der Waals surface area contributed by atoms with E-state index in [1.807, 2.05) is 36.4 Å². The molecule has 4 aromatic carbocycles. The third-order valence-electron chi connectivity index (χ3n) is 10.3. The summed E-state index contributed by atoms with van der Waals surface area (Å²) in [4.78, 5) is 0. The normalized spacial score (nSPS) is 28.8. The molecule has 0 radical (unpaired) electrons. The van der Waals surface area contributed by atoms with Crippen molar-refractivity contribution in [2.45, 2.75) is 48.3 Å². The summed E-state index contributed by atoms with van der Waals surface area (Å²) in [5, 5.41) is 0. The summed E-state index contributed by atoms with van der Waals surface area (Å²) in [5.41, 5.74) is 34.7. The van der Waals surface area contributed by atoms with Crippen LogP contribution in [0, 0.1) is 11.8 Å². The van der Waals surface area contributed by atoms with Crippen molar-refractivity contribution in [1.82, 2.24) is 0 Å². The Hall–Kier alpha value is -3.92. The average molecular weight is 501 g/mol. The molecular formula is C34H36N4. The molecule has 4 aromatic rings. The first-order valence-electron chi connectivity index (χ1n) is 13.8. The fourth-order valence-electron chi connectivity index (χ4n) is 9.72. The molecule has 0 amide bonds. The Kier molecular flexibility index (Phi) is 4.91. The molecule has 8 N–H and O–H groups in total. The Bertz CT molecular complexity index is 1410. The first kappa shape index (κ1) is 23.2. The molecule has 4 aliphatic rings. The largest absolute Gasteiger partial charge is 0.398 e. The lowest BCUT2D eigenvalue weighted by molar-refractivity contribution is -0.0892. The van der Waals surface area contributed by atoms with Crippen molar-refractivity contribution in [2.24, 2.45) is 11.8 Å². The molecule has 0 aromatic heterocycles. The fraction of sp³-hybridized carbons (Fsp3) is 0.294. The maximum atomic E-state index is 7.02. The summed E-state index contributed by atoms with van der Waals surface area (Å²) in [7, 11) is 0. The van der Waals surface area contributed by atoms with Gasteiger partial charge in [0, 0.05) is 39.0 Å². The first-order valence-corrected chi connectivity index (χ1v) is 13.8. The van der Waals surface area contributed by atoms with Crippen LogP contribution in [0.2, 0.25) is 0 Å². The van der Waals surface area contributed by atoms with Gasteiger partial charge in [0.25, 0.3) is 0 Å². The Morgan fingerprint density at radius 1 is 0.421 bits per heavy atom. The summed E-state index contributed by atoms with van der Waals surface area (Å²) in [6.07, 6.45) is 5.46. The molecule has 192 valence electrons. The van der Waals surface area contributed by atoms with Gasteiger partial charge in [-0.1, -0.05) is 72.8 Å². The van der Waals surface area contributed by atoms with E-state index in [-0.39, 0.29) is 10.8 Å². The zero-order valence-corrected chi connectivity index (χ0v) is 21.7. The van der Waals surface area contributed by atoms with Crippen LogP contribution in [0.15, 0.2) is 97.1 Å². The number of nitrogens with two attached hydrogens (primary N) is 4. The Morgan fingerprint density at radius 2 is 0.711 bits per heavy atom. The maximum Gasteiger partial charge on any atom is 0.0438 e. The Morgan fingerprint density at radius 3 is 1.03 bits per heavy atom. The lowest BCUT2D eigenvalue weighted by atomic mass is 9.28. The number of benzene rings is 4. The lowest BCUT2D eigenvalue weighted by Gasteiger charge is -2.74. The summed E-state index contributed by atoms with van der Waals surface area (Å²) >= 11 is 0. The average Bonchev–Trinajstić information content (AvgIpc) is 2.90. The third-order valence-corrected chi connectivity index (χ3v) is 10.3. The number of hydrogen-bond donors (Lipinski definition) is 4. The van der Waals surface area contributed by atoms with Crippen molar-refractivity contribution in [3.8, 4) is 0 Å². The van der Waals surface area contributed by atoms with Crippen molar-refractivity contribution in [1.29, 1.82) is 0 Å². The van der Waals surface area contributed by atoms with E-state index in [0.717, 1.165) is 59.6 Å². The summed E-state index contributed by atoms with van der Waals surface area (Å²) in [5.74, 6) is 1.15. The zero-order chi connectivity index (χ0) is 26.1. The zero-order valence-electron chi connectivity index (χ0n) is 21.7. The molecule has 0 unspecified atom stereocenters. The predicted molar refractivity (Wildman–Crippen MR) is 158 cm³/mol. The number of hydrogen-bond acceptors (Lipinski definition) is 4. The predicted octanol–water partition coefficient (Wildman–Crippen LogP) is 6.40. The van der Waals surface area contributed by atoms with E-state index in [0.29, 0.717) is 11.8 Å². The molecular weight excluding hydrogens is 464 g/mol. The van der Waals surface area contributed by atoms with E-state index in [1.165, 1.54) is 17.5 Å². The smallest absolute Gasteiger partial charge is 0.0438 e. The molecule has 4 fully saturated rings. The van der Waals surface area contributed by atoms with E-state index in [4.69, 9.17) is 22.9 Å². The van der Waals surface area contributed by atoms with Crippen LogP contribution in [-0.4, -0.2) is 0 Å². The second kappa shape index (κ2) is 8.04. The minimum atomic E-state index is -0.560. The van der Waals surface area contributed by atoms with Gasteiger partial charge < -0.3 is 22.9 Å². The lowest BCUT2D eigenvalue weighted by Crippen LogP contribution is -2.72. The molecule has 0 spiro atoms. The Balaban J connectivity index is 1.73. The van der Waals surface area contributed by atoms with Gasteiger partial charge in [-0.15, -0.1) is 0 Å². The van der Waals surface area contributed by atoms with Crippen LogP contribution in [0.5, 0.6) is 0 Å². The molecule has 4 heteroatoms. The molecule has 4 nitrogen and oxygen atoms in total. The van der Waals surface area contributed by atoms with E-state index in [1.54, 1.807) is 0 Å². The van der Waals surface area contributed by atoms with Gasteiger partial charge in [0.2, 0.25) is 0 Å². The Labute approximate surface area is 225 Å². The topological polar surface area (TPSA) is 104 Å². The number of rotatable bonds is 4. The van der Waals surface area contributed by atoms with Gasteiger partial charge in [-0.2, -0.15) is 0 Å². The number of anilines is 4. The van der Waals surface area contributed by atoms with Crippen molar-refractivity contribution < 1.29 is 0 Å². The third kappa shape index (κ3) is 2.75. The van der Waals surface area contributed by atoms with Crippen molar-refractivity contribution >= 4 is 22.7 Å². The monoisotopic (exact) mass is 500 g/mol. The highest BCUT2D eigenvalue weighted by atomic mass is 14.8. The molecule has 0 aliphatic heterocycles. The van der Waals surface area contributed by atoms with Gasteiger partial charge in [0.05, 0.1) is 0 Å². The van der Waals surface area contributed by atoms with Gasteiger partial charge in [-0.3, -0.25) is 0 Å². The van der Waals surface area contributed by atoms with Crippen LogP contribution in [0.25, 0.3) is 0 Å². The SMILES string of the molecule is Nc1ccccc1C12CC3CC(C1)CC(c1ccccc1N)(C3)C2(c1ccccc1N)c1ccccc1N. The van der Waals surface area contributed by atoms with Gasteiger partial charge >= 0.3 is 0 Å². The van der Waals surface area contributed by atoms with E-state index < -0.39 is 5.41 Å². The minimum Gasteiger partial charge on any atom is -0.398 e. The second-order valence-electron chi connectivity index (χ2n) is 12.0. The summed E-state index contributed by atoms with van der Waals surface area (Å²) < 4.78 is 0. The molecule has 0 saturated heterocycles. The van der Waals surface area contributed by atoms with Crippen LogP contribution in [0.3, 0.4) is 0 Å². The standard InChI is InChI=1S/C34H36N4/c35-28-13-5-1-9-24(28)32-18-22-17-23(19-32)21-33(20-22,25-10-2-6-14-29(25)36)34(32,26-11-3-7-15-30(26)37)27-12-4-8-16-31(27)38/h1-16,22-23H,17-21,35-38H2. The first-order chi connectivity index (χ1) is 18.4. The molecule has 0 heterocycles. The van der Waals surface area contributed by atoms with Crippen LogP contribution < -0.4 is 22.9 Å². The van der Waals surface area contributed by atoms with Gasteiger partial charge in [0.15, 0.2) is 0 Å². The highest BCUT2D eigenvalue weighted by molar-refractivity contribution is 5.73. The van der Waals surface area contributed by atoms with E-state index >= 15 is 0 Å². The summed E-state index contributed by atoms with van der Waals surface area (Å²) in [6.45, 7) is 0. The van der Waals surface area contributed by atoms with Crippen molar-refractivity contribution in [3.05, 3.63) is 119 Å². The number of nitrogen functional groups attached to an aromatic ring is 4. The van der Waals surface area contributed by atoms with Crippen molar-refractivity contribution in [2.75, 3.05) is 22.9 Å².